The summed E-state index contributed by atoms with van der Waals surface area (Å²) < 4.78 is 53.1. The van der Waals surface area contributed by atoms with Gasteiger partial charge in [-0.2, -0.15) is 4.72 Å². The van der Waals surface area contributed by atoms with Gasteiger partial charge in [-0.25, -0.2) is 27.3 Å². The van der Waals surface area contributed by atoms with Crippen LogP contribution in [0.4, 0.5) is 0 Å². The van der Waals surface area contributed by atoms with Crippen LogP contribution < -0.4 is 10.2 Å². The molecule has 4 rings (SSSR count). The van der Waals surface area contributed by atoms with Gasteiger partial charge in [-0.1, -0.05) is 18.2 Å². The second-order valence-electron chi connectivity index (χ2n) is 8.35. The van der Waals surface area contributed by atoms with Gasteiger partial charge in [0.2, 0.25) is 9.84 Å². The van der Waals surface area contributed by atoms with Crippen LogP contribution in [0, 0.1) is 6.92 Å². The predicted molar refractivity (Wildman–Crippen MR) is 134 cm³/mol. The zero-order valence-electron chi connectivity index (χ0n) is 19.8. The number of thiophene rings is 1. The molecule has 1 aliphatic heterocycles. The molecule has 2 aromatic heterocycles. The summed E-state index contributed by atoms with van der Waals surface area (Å²) in [5.41, 5.74) is 2.65. The lowest BCUT2D eigenvalue weighted by atomic mass is 10.1. The van der Waals surface area contributed by atoms with Crippen LogP contribution in [0.3, 0.4) is 0 Å². The van der Waals surface area contributed by atoms with E-state index in [0.717, 1.165) is 22.6 Å². The molecular weight excluding hydrogens is 556 g/mol. The Morgan fingerprint density at radius 3 is 2.21 bits per heavy atom. The number of rotatable bonds is 10. The molecule has 15 heteroatoms. The molecule has 0 radical (unpaired) electrons. The average molecular weight is 579 g/mol. The Kier molecular flexibility index (Phi) is 7.75. The zero-order chi connectivity index (χ0) is 27.7. The van der Waals surface area contributed by atoms with Gasteiger partial charge in [0.15, 0.2) is 5.03 Å². The van der Waals surface area contributed by atoms with Crippen molar-refractivity contribution >= 4 is 48.9 Å². The maximum absolute atomic E-state index is 13.0. The second kappa shape index (κ2) is 10.7. The van der Waals surface area contributed by atoms with Crippen molar-refractivity contribution < 1.29 is 36.4 Å². The lowest BCUT2D eigenvalue weighted by molar-refractivity contribution is -0.131. The van der Waals surface area contributed by atoms with E-state index in [9.17, 15) is 31.2 Å². The van der Waals surface area contributed by atoms with E-state index in [4.69, 9.17) is 5.21 Å². The van der Waals surface area contributed by atoms with E-state index in [1.807, 2.05) is 0 Å². The molecular formula is C23H22N4O8S3. The first-order valence-corrected chi connectivity index (χ1v) is 14.9. The molecule has 0 fully saturated rings. The monoisotopic (exact) mass is 578 g/mol. The van der Waals surface area contributed by atoms with Crippen molar-refractivity contribution in [3.8, 4) is 0 Å². The minimum absolute atomic E-state index is 0.0369. The van der Waals surface area contributed by atoms with Crippen molar-refractivity contribution in [2.45, 2.75) is 39.3 Å². The predicted octanol–water partition coefficient (Wildman–Crippen LogP) is 1.51. The van der Waals surface area contributed by atoms with Gasteiger partial charge in [-0.3, -0.25) is 24.5 Å². The number of carbonyl (C=O) groups is 3. The van der Waals surface area contributed by atoms with E-state index in [2.05, 4.69) is 9.71 Å². The van der Waals surface area contributed by atoms with E-state index >= 15 is 0 Å². The standard InChI is InChI=1S/C23H22N4O8S3/c1-14-8-9-18(24-13-14)37(32,33)19-10-11-20(36-19)38(34,35)26-17(21(28)25-31)7-4-12-27-22(29)15-5-2-3-6-16(15)23(27)30/h2-3,5-6,8-11,13,17,26,31H,4,7,12H2,1H3,(H,25,28). The molecule has 0 saturated carbocycles. The fourth-order valence-corrected chi connectivity index (χ4v) is 8.07. The number of nitrogens with zero attached hydrogens (tertiary/aromatic N) is 2. The van der Waals surface area contributed by atoms with Crippen molar-refractivity contribution in [3.63, 3.8) is 0 Å². The van der Waals surface area contributed by atoms with Crippen molar-refractivity contribution in [3.05, 3.63) is 71.4 Å². The maximum Gasteiger partial charge on any atom is 0.261 e. The molecule has 1 unspecified atom stereocenters. The van der Waals surface area contributed by atoms with E-state index in [-0.39, 0.29) is 44.0 Å². The van der Waals surface area contributed by atoms with Crippen molar-refractivity contribution in [2.24, 2.45) is 0 Å². The first kappa shape index (κ1) is 27.5. The van der Waals surface area contributed by atoms with Crippen LogP contribution in [0.15, 0.2) is 68.2 Å². The Labute approximate surface area is 222 Å². The van der Waals surface area contributed by atoms with Gasteiger partial charge >= 0.3 is 0 Å². The van der Waals surface area contributed by atoms with Gasteiger partial charge in [0.05, 0.1) is 11.1 Å². The highest BCUT2D eigenvalue weighted by atomic mass is 32.3. The number of sulfonamides is 1. The number of benzene rings is 1. The van der Waals surface area contributed by atoms with Crippen LogP contribution in [0.2, 0.25) is 0 Å². The number of pyridine rings is 1. The third kappa shape index (κ3) is 5.37. The van der Waals surface area contributed by atoms with Gasteiger partial charge in [0, 0.05) is 12.7 Å². The largest absolute Gasteiger partial charge is 0.289 e. The molecule has 0 bridgehead atoms. The number of sulfone groups is 1. The number of carbonyl (C=O) groups excluding carboxylic acids is 3. The van der Waals surface area contributed by atoms with Crippen molar-refractivity contribution in [2.75, 3.05) is 6.54 Å². The van der Waals surface area contributed by atoms with E-state index in [1.165, 1.54) is 29.9 Å². The highest BCUT2D eigenvalue weighted by Crippen LogP contribution is 2.30. The third-order valence-electron chi connectivity index (χ3n) is 5.72. The average Bonchev–Trinajstić information content (AvgIpc) is 3.49. The molecule has 200 valence electrons. The molecule has 12 nitrogen and oxygen atoms in total. The first-order chi connectivity index (χ1) is 18.0. The van der Waals surface area contributed by atoms with Crippen LogP contribution in [0.1, 0.15) is 39.1 Å². The van der Waals surface area contributed by atoms with Crippen LogP contribution >= 0.6 is 11.3 Å². The molecule has 3 N–H and O–H groups in total. The summed E-state index contributed by atoms with van der Waals surface area (Å²) in [6.45, 7) is 1.65. The molecule has 0 aliphatic carbocycles. The molecule has 38 heavy (non-hydrogen) atoms. The van der Waals surface area contributed by atoms with Crippen molar-refractivity contribution in [1.29, 1.82) is 0 Å². The lowest BCUT2D eigenvalue weighted by Crippen LogP contribution is -2.46. The number of hydroxylamine groups is 1. The zero-order valence-corrected chi connectivity index (χ0v) is 22.3. The number of hydrogen-bond donors (Lipinski definition) is 3. The smallest absolute Gasteiger partial charge is 0.261 e. The number of hydrogen-bond acceptors (Lipinski definition) is 10. The fraction of sp³-hybridized carbons (Fsp3) is 0.217. The van der Waals surface area contributed by atoms with Crippen molar-refractivity contribution in [1.82, 2.24) is 20.1 Å². The van der Waals surface area contributed by atoms with E-state index in [0.29, 0.717) is 11.3 Å². The van der Waals surface area contributed by atoms with Crippen LogP contribution in [-0.4, -0.2) is 62.2 Å². The van der Waals surface area contributed by atoms with Gasteiger partial charge in [-0.15, -0.1) is 11.3 Å². The van der Waals surface area contributed by atoms with Gasteiger partial charge in [0.1, 0.15) is 14.5 Å². The highest BCUT2D eigenvalue weighted by Gasteiger charge is 2.35. The number of nitrogens with one attached hydrogen (secondary N) is 2. The number of aryl methyl sites for hydroxylation is 1. The molecule has 3 amide bonds. The summed E-state index contributed by atoms with van der Waals surface area (Å²) in [6, 6.07) is 9.91. The van der Waals surface area contributed by atoms with E-state index < -0.39 is 43.6 Å². The summed E-state index contributed by atoms with van der Waals surface area (Å²) in [5.74, 6) is -2.06. The Bertz CT molecular complexity index is 1580. The summed E-state index contributed by atoms with van der Waals surface area (Å²) in [7, 11) is -8.47. The van der Waals surface area contributed by atoms with Crippen LogP contribution in [-0.2, 0) is 24.7 Å². The summed E-state index contributed by atoms with van der Waals surface area (Å²) in [5, 5.41) is 8.86. The van der Waals surface area contributed by atoms with Gasteiger partial charge < -0.3 is 0 Å². The molecule has 1 aromatic carbocycles. The minimum Gasteiger partial charge on any atom is -0.289 e. The van der Waals surface area contributed by atoms with Crippen LogP contribution in [0.5, 0.6) is 0 Å². The summed E-state index contributed by atoms with van der Waals surface area (Å²) in [6.07, 6.45) is 1.23. The molecule has 1 aliphatic rings. The Hall–Kier alpha value is -3.50. The molecule has 3 aromatic rings. The molecule has 3 heterocycles. The number of amides is 3. The SMILES string of the molecule is Cc1ccc(S(=O)(=O)c2ccc(S(=O)(=O)NC(CCCN3C(=O)c4ccccc4C3=O)C(=O)NO)s2)nc1. The van der Waals surface area contributed by atoms with Gasteiger partial charge in [-0.05, 0) is 55.7 Å². The summed E-state index contributed by atoms with van der Waals surface area (Å²) in [4.78, 5) is 42.1. The van der Waals surface area contributed by atoms with Gasteiger partial charge in [0.25, 0.3) is 27.7 Å². The Balaban J connectivity index is 1.46. The molecule has 1 atom stereocenters. The van der Waals surface area contributed by atoms with E-state index in [1.54, 1.807) is 25.1 Å². The number of imide groups is 1. The minimum atomic E-state index is -4.39. The normalized spacial score (nSPS) is 14.4. The summed E-state index contributed by atoms with van der Waals surface area (Å²) >= 11 is 0.475. The number of aromatic nitrogens is 1. The van der Waals surface area contributed by atoms with Crippen LogP contribution in [0.25, 0.3) is 0 Å². The third-order valence-corrected chi connectivity index (χ3v) is 10.9. The quantitative estimate of drug-likeness (QED) is 0.183. The second-order valence-corrected chi connectivity index (χ2v) is 13.5. The highest BCUT2D eigenvalue weighted by molar-refractivity contribution is 7.95. The topological polar surface area (TPSA) is 180 Å². The lowest BCUT2D eigenvalue weighted by Gasteiger charge is -2.18. The Morgan fingerprint density at radius 1 is 1.00 bits per heavy atom. The number of fused-ring (bicyclic) bond motifs is 1. The Morgan fingerprint density at radius 2 is 1.63 bits per heavy atom. The first-order valence-electron chi connectivity index (χ1n) is 11.1. The molecule has 0 spiro atoms. The fourth-order valence-electron chi connectivity index (χ4n) is 3.77. The molecule has 0 saturated heterocycles. The maximum atomic E-state index is 13.0.